The second-order valence-electron chi connectivity index (χ2n) is 17.4. The number of carboxylic acids is 1. The summed E-state index contributed by atoms with van der Waals surface area (Å²) in [6.07, 6.45) is 45.7. The summed E-state index contributed by atoms with van der Waals surface area (Å²) in [5.41, 5.74) is 0. The van der Waals surface area contributed by atoms with Gasteiger partial charge in [-0.05, 0) is 70.6 Å². The van der Waals surface area contributed by atoms with Gasteiger partial charge in [0.2, 0.25) is 0 Å². The number of esters is 3. The lowest BCUT2D eigenvalue weighted by Gasteiger charge is -2.40. The van der Waals surface area contributed by atoms with Crippen molar-refractivity contribution in [2.24, 2.45) is 0 Å². The molecule has 0 aromatic heterocycles. The van der Waals surface area contributed by atoms with Gasteiger partial charge < -0.3 is 39.0 Å². The number of carboxylic acid groups (broad SMARTS) is 1. The van der Waals surface area contributed by atoms with E-state index in [4.69, 9.17) is 23.7 Å². The molecule has 1 fully saturated rings. The third kappa shape index (κ3) is 35.4. The highest BCUT2D eigenvalue weighted by molar-refractivity contribution is 5.74. The summed E-state index contributed by atoms with van der Waals surface area (Å²) < 4.78 is 28.1. The number of allylic oxidation sites excluding steroid dienone is 16. The van der Waals surface area contributed by atoms with Crippen LogP contribution in [-0.4, -0.2) is 89.2 Å². The molecule has 12 heteroatoms. The van der Waals surface area contributed by atoms with Crippen LogP contribution in [-0.2, 0) is 42.9 Å². The van der Waals surface area contributed by atoms with Gasteiger partial charge in [0.1, 0.15) is 18.8 Å². The van der Waals surface area contributed by atoms with Crippen molar-refractivity contribution in [3.8, 4) is 0 Å². The van der Waals surface area contributed by atoms with Crippen molar-refractivity contribution in [1.29, 1.82) is 0 Å². The third-order valence-electron chi connectivity index (χ3n) is 11.2. The number of aliphatic hydroxyl groups is 2. The van der Waals surface area contributed by atoms with Gasteiger partial charge in [0, 0.05) is 19.3 Å². The molecule has 1 heterocycles. The molecule has 0 saturated carbocycles. The molecule has 0 aromatic carbocycles. The van der Waals surface area contributed by atoms with Crippen LogP contribution in [0, 0.1) is 0 Å². The van der Waals surface area contributed by atoms with Crippen LogP contribution < -0.4 is 0 Å². The van der Waals surface area contributed by atoms with E-state index < -0.39 is 67.3 Å². The third-order valence-corrected chi connectivity index (χ3v) is 11.2. The predicted octanol–water partition coefficient (Wildman–Crippen LogP) is 12.6. The maximum absolute atomic E-state index is 13.0. The van der Waals surface area contributed by atoms with E-state index in [2.05, 4.69) is 87.6 Å². The van der Waals surface area contributed by atoms with Crippen LogP contribution in [0.25, 0.3) is 0 Å². The molecule has 1 aliphatic rings. The summed E-state index contributed by atoms with van der Waals surface area (Å²) in [7, 11) is 0. The molecule has 3 N–H and O–H groups in total. The first kappa shape index (κ1) is 62.7. The van der Waals surface area contributed by atoms with Gasteiger partial charge in [0.25, 0.3) is 0 Å². The Morgan fingerprint density at radius 1 is 0.493 bits per heavy atom. The molecular weight excluding hydrogens is 877 g/mol. The number of hydrogen-bond donors (Lipinski definition) is 3. The van der Waals surface area contributed by atoms with Gasteiger partial charge in [-0.1, -0.05) is 195 Å². The number of hydrogen-bond acceptors (Lipinski definition) is 11. The molecule has 1 rings (SSSR count). The zero-order valence-corrected chi connectivity index (χ0v) is 42.5. The Hall–Kier alpha value is -4.36. The predicted molar refractivity (Wildman–Crippen MR) is 275 cm³/mol. The SMILES string of the molecule is CC/C=C\C/C=C\C/C=C\C/C=C\CCC(=O)OCC(COC1OC(C(=O)O)C(O)C(O)C1OC(=O)CCCCCCCCCCCCCCC)OC(=O)CC/C=C\C/C=C\C/C=C\C/C=C\CC. The monoisotopic (exact) mass is 967 g/mol. The van der Waals surface area contributed by atoms with E-state index in [9.17, 15) is 34.5 Å². The quantitative estimate of drug-likeness (QED) is 0.0229. The largest absolute Gasteiger partial charge is 0.479 e. The normalized spacial score (nSPS) is 19.5. The van der Waals surface area contributed by atoms with Crippen molar-refractivity contribution in [2.45, 2.75) is 225 Å². The van der Waals surface area contributed by atoms with Crippen molar-refractivity contribution in [1.82, 2.24) is 0 Å². The number of ether oxygens (including phenoxy) is 5. The first-order valence-electron chi connectivity index (χ1n) is 26.2. The van der Waals surface area contributed by atoms with Gasteiger partial charge in [0.15, 0.2) is 24.6 Å². The minimum absolute atomic E-state index is 0.0237. The Morgan fingerprint density at radius 2 is 0.913 bits per heavy atom. The highest BCUT2D eigenvalue weighted by Gasteiger charge is 2.50. The molecule has 69 heavy (non-hydrogen) atoms. The molecule has 12 nitrogen and oxygen atoms in total. The summed E-state index contributed by atoms with van der Waals surface area (Å²) >= 11 is 0. The molecule has 0 aliphatic carbocycles. The first-order valence-corrected chi connectivity index (χ1v) is 26.2. The Bertz CT molecular complexity index is 1570. The van der Waals surface area contributed by atoms with E-state index in [1.807, 2.05) is 30.4 Å². The smallest absolute Gasteiger partial charge is 0.335 e. The van der Waals surface area contributed by atoms with Crippen LogP contribution in [0.15, 0.2) is 97.2 Å². The average Bonchev–Trinajstić information content (AvgIpc) is 3.33. The molecular formula is C57H90O12. The van der Waals surface area contributed by atoms with Crippen molar-refractivity contribution < 1.29 is 58.2 Å². The Balaban J connectivity index is 2.82. The van der Waals surface area contributed by atoms with Gasteiger partial charge in [-0.2, -0.15) is 0 Å². The lowest BCUT2D eigenvalue weighted by atomic mass is 9.98. The highest BCUT2D eigenvalue weighted by atomic mass is 16.7. The zero-order chi connectivity index (χ0) is 50.4. The van der Waals surface area contributed by atoms with E-state index in [0.717, 1.165) is 70.6 Å². The van der Waals surface area contributed by atoms with Crippen LogP contribution in [0.2, 0.25) is 0 Å². The van der Waals surface area contributed by atoms with Gasteiger partial charge in [-0.3, -0.25) is 14.4 Å². The number of aliphatic carboxylic acids is 1. The molecule has 1 aliphatic heterocycles. The fraction of sp³-hybridized carbons (Fsp3) is 0.649. The summed E-state index contributed by atoms with van der Waals surface area (Å²) in [4.78, 5) is 50.8. The fourth-order valence-electron chi connectivity index (χ4n) is 7.22. The molecule has 0 radical (unpaired) electrons. The molecule has 6 atom stereocenters. The van der Waals surface area contributed by atoms with Crippen molar-refractivity contribution in [3.63, 3.8) is 0 Å². The van der Waals surface area contributed by atoms with E-state index in [0.29, 0.717) is 25.7 Å². The summed E-state index contributed by atoms with van der Waals surface area (Å²) in [5.74, 6) is -3.35. The number of aliphatic hydroxyl groups excluding tert-OH is 2. The van der Waals surface area contributed by atoms with E-state index >= 15 is 0 Å². The second kappa shape index (κ2) is 44.8. The number of rotatable bonds is 42. The molecule has 0 bridgehead atoms. The molecule has 390 valence electrons. The lowest BCUT2D eigenvalue weighted by Crippen LogP contribution is -2.61. The zero-order valence-electron chi connectivity index (χ0n) is 42.5. The molecule has 0 spiro atoms. The van der Waals surface area contributed by atoms with Gasteiger partial charge in [-0.25, -0.2) is 4.79 Å². The van der Waals surface area contributed by atoms with Crippen LogP contribution >= 0.6 is 0 Å². The van der Waals surface area contributed by atoms with Crippen molar-refractivity contribution in [2.75, 3.05) is 13.2 Å². The lowest BCUT2D eigenvalue weighted by molar-refractivity contribution is -0.301. The Morgan fingerprint density at radius 3 is 1.36 bits per heavy atom. The van der Waals surface area contributed by atoms with E-state index in [-0.39, 0.29) is 25.9 Å². The number of carbonyl (C=O) groups is 4. The van der Waals surface area contributed by atoms with Crippen LogP contribution in [0.5, 0.6) is 0 Å². The van der Waals surface area contributed by atoms with Crippen molar-refractivity contribution >= 4 is 23.9 Å². The summed E-state index contributed by atoms with van der Waals surface area (Å²) in [5, 5.41) is 31.3. The van der Waals surface area contributed by atoms with E-state index in [1.165, 1.54) is 51.4 Å². The summed E-state index contributed by atoms with van der Waals surface area (Å²) in [6.45, 7) is 5.59. The average molecular weight is 967 g/mol. The number of carbonyl (C=O) groups excluding carboxylic acids is 3. The Labute approximate surface area is 415 Å². The summed E-state index contributed by atoms with van der Waals surface area (Å²) in [6, 6.07) is 0. The van der Waals surface area contributed by atoms with Crippen LogP contribution in [0.4, 0.5) is 0 Å². The van der Waals surface area contributed by atoms with Gasteiger partial charge in [0.05, 0.1) is 6.61 Å². The molecule has 0 amide bonds. The van der Waals surface area contributed by atoms with Gasteiger partial charge >= 0.3 is 23.9 Å². The minimum atomic E-state index is -1.92. The van der Waals surface area contributed by atoms with Gasteiger partial charge in [-0.15, -0.1) is 0 Å². The second-order valence-corrected chi connectivity index (χ2v) is 17.4. The maximum atomic E-state index is 13.0. The molecule has 1 saturated heterocycles. The highest BCUT2D eigenvalue weighted by Crippen LogP contribution is 2.26. The fourth-order valence-corrected chi connectivity index (χ4v) is 7.22. The molecule has 6 unspecified atom stereocenters. The maximum Gasteiger partial charge on any atom is 0.335 e. The topological polar surface area (TPSA) is 175 Å². The van der Waals surface area contributed by atoms with Crippen LogP contribution in [0.1, 0.15) is 188 Å². The first-order chi connectivity index (χ1) is 33.6. The Kier molecular flexibility index (Phi) is 40.7. The minimum Gasteiger partial charge on any atom is -0.479 e. The molecule has 0 aromatic rings. The number of unbranched alkanes of at least 4 members (excludes halogenated alkanes) is 12. The van der Waals surface area contributed by atoms with Crippen molar-refractivity contribution in [3.05, 3.63) is 97.2 Å². The van der Waals surface area contributed by atoms with Crippen LogP contribution in [0.3, 0.4) is 0 Å². The van der Waals surface area contributed by atoms with E-state index in [1.54, 1.807) is 0 Å². The standard InChI is InChI=1S/C57H90O12/c1-4-7-10-13-16-19-22-25-28-31-34-37-40-43-49(58)65-46-48(67-50(59)44-41-38-35-32-29-26-23-20-17-14-11-8-5-2)47-66-57-55(53(62)52(61)54(69-57)56(63)64)68-51(60)45-42-39-36-33-30-27-24-21-18-15-12-9-6-3/h7-8,10-11,16-17,19-20,25-26,28-29,34-35,37-38,48,52-55,57,61-62H,4-6,9,12-15,18,21-24,27,30-33,36,39-47H2,1-3H3,(H,63,64)/b10-7-,11-8-,19-16-,20-17-,28-25-,29-26-,37-34-,38-35-.